The number of anilines is 1. The van der Waals surface area contributed by atoms with Crippen LogP contribution in [-0.2, 0) is 22.1 Å². The Morgan fingerprint density at radius 1 is 1.00 bits per heavy atom. The van der Waals surface area contributed by atoms with Gasteiger partial charge in [0.2, 0.25) is 0 Å². The van der Waals surface area contributed by atoms with Gasteiger partial charge in [-0.1, -0.05) is 61.5 Å². The number of para-hydroxylation sites is 1. The first-order valence-electron chi connectivity index (χ1n) is 13.0. The van der Waals surface area contributed by atoms with Crippen molar-refractivity contribution in [1.29, 1.82) is 0 Å². The molecule has 204 valence electrons. The molecule has 0 spiro atoms. The summed E-state index contributed by atoms with van der Waals surface area (Å²) in [6.45, 7) is 3.50. The zero-order chi connectivity index (χ0) is 28.4. The first-order valence-corrected chi connectivity index (χ1v) is 13.0. The summed E-state index contributed by atoms with van der Waals surface area (Å²) < 4.78 is 44.8. The van der Waals surface area contributed by atoms with Gasteiger partial charge in [-0.2, -0.15) is 13.2 Å². The van der Waals surface area contributed by atoms with Crippen molar-refractivity contribution in [3.63, 3.8) is 0 Å². The first kappa shape index (κ1) is 27.1. The Kier molecular flexibility index (Phi) is 7.43. The van der Waals surface area contributed by atoms with Gasteiger partial charge in [0.05, 0.1) is 22.3 Å². The van der Waals surface area contributed by atoms with Crippen LogP contribution in [0.25, 0.3) is 22.6 Å². The average molecular weight is 545 g/mol. The number of halogens is 3. The average Bonchev–Trinajstić information content (AvgIpc) is 2.92. The first-order chi connectivity index (χ1) is 19.1. The summed E-state index contributed by atoms with van der Waals surface area (Å²) >= 11 is 0. The van der Waals surface area contributed by atoms with Crippen LogP contribution in [0.2, 0.25) is 0 Å². The van der Waals surface area contributed by atoms with E-state index >= 15 is 0 Å². The Morgan fingerprint density at radius 3 is 2.48 bits per heavy atom. The van der Waals surface area contributed by atoms with Gasteiger partial charge in [0.25, 0.3) is 5.91 Å². The number of carbonyl (C=O) groups is 2. The van der Waals surface area contributed by atoms with E-state index in [1.54, 1.807) is 6.07 Å². The van der Waals surface area contributed by atoms with E-state index in [0.717, 1.165) is 40.9 Å². The molecule has 1 aliphatic carbocycles. The Bertz CT molecular complexity index is 1610. The van der Waals surface area contributed by atoms with E-state index < -0.39 is 29.7 Å². The lowest BCUT2D eigenvalue weighted by molar-refractivity contribution is -0.137. The predicted octanol–water partition coefficient (Wildman–Crippen LogP) is 7.56. The monoisotopic (exact) mass is 544 g/mol. The number of allylic oxidation sites excluding steroid dienone is 1. The van der Waals surface area contributed by atoms with Crippen molar-refractivity contribution in [3.05, 3.63) is 107 Å². The standard InChI is InChI=1S/C32H27F3N2O3/c1-19-15-22(17-21-9-4-3-5-10-21)29-26(16-19)28(25-13-6-7-14-27(25)37-29)31(39)40-20(2)30(38)36-24-12-8-11-23(18-24)32(33,34)35/h3-14,17-20H,15-16H2,1-2H3,(H,36,38). The number of nitrogens with one attached hydrogen (secondary N) is 1. The topological polar surface area (TPSA) is 68.3 Å². The number of amides is 1. The van der Waals surface area contributed by atoms with E-state index in [4.69, 9.17) is 9.72 Å². The summed E-state index contributed by atoms with van der Waals surface area (Å²) in [5.74, 6) is -1.19. The highest BCUT2D eigenvalue weighted by Gasteiger charge is 2.32. The number of pyridine rings is 1. The van der Waals surface area contributed by atoms with Crippen LogP contribution >= 0.6 is 0 Å². The second-order valence-electron chi connectivity index (χ2n) is 10.0. The quantitative estimate of drug-likeness (QED) is 0.263. The Balaban J connectivity index is 1.47. The number of aromatic nitrogens is 1. The third-order valence-electron chi connectivity index (χ3n) is 6.87. The fourth-order valence-electron chi connectivity index (χ4n) is 5.01. The predicted molar refractivity (Wildman–Crippen MR) is 148 cm³/mol. The maximum Gasteiger partial charge on any atom is 0.416 e. The SMILES string of the molecule is CC1CC(=Cc2ccccc2)c2nc3ccccc3c(C(=O)OC(C)C(=O)Nc3cccc(C(F)(F)F)c3)c2C1. The number of hydrogen-bond acceptors (Lipinski definition) is 4. The molecule has 4 aromatic rings. The maximum atomic E-state index is 13.7. The van der Waals surface area contributed by atoms with Gasteiger partial charge in [-0.15, -0.1) is 0 Å². The molecule has 0 radical (unpaired) electrons. The van der Waals surface area contributed by atoms with Gasteiger partial charge in [-0.25, -0.2) is 9.78 Å². The molecular formula is C32H27F3N2O3. The van der Waals surface area contributed by atoms with Crippen LogP contribution in [-0.4, -0.2) is 23.0 Å². The second kappa shape index (κ2) is 11.0. The lowest BCUT2D eigenvalue weighted by Gasteiger charge is -2.27. The van der Waals surface area contributed by atoms with Gasteiger partial charge in [-0.05, 0) is 72.7 Å². The second-order valence-corrected chi connectivity index (χ2v) is 10.0. The minimum Gasteiger partial charge on any atom is -0.449 e. The number of esters is 1. The number of nitrogens with zero attached hydrogens (tertiary/aromatic N) is 1. The van der Waals surface area contributed by atoms with Crippen molar-refractivity contribution in [1.82, 2.24) is 4.98 Å². The maximum absolute atomic E-state index is 13.7. The molecule has 8 heteroatoms. The molecular weight excluding hydrogens is 517 g/mol. The lowest BCUT2D eigenvalue weighted by atomic mass is 9.80. The summed E-state index contributed by atoms with van der Waals surface area (Å²) in [4.78, 5) is 31.4. The number of rotatable bonds is 5. The van der Waals surface area contributed by atoms with Gasteiger partial charge in [-0.3, -0.25) is 4.79 Å². The van der Waals surface area contributed by atoms with Crippen molar-refractivity contribution in [2.24, 2.45) is 5.92 Å². The van der Waals surface area contributed by atoms with E-state index in [1.165, 1.54) is 19.1 Å². The van der Waals surface area contributed by atoms with Crippen molar-refractivity contribution < 1.29 is 27.5 Å². The molecule has 5 rings (SSSR count). The Labute approximate surface area is 229 Å². The smallest absolute Gasteiger partial charge is 0.416 e. The molecule has 0 saturated heterocycles. The van der Waals surface area contributed by atoms with E-state index in [9.17, 15) is 22.8 Å². The fraction of sp³-hybridized carbons (Fsp3) is 0.219. The highest BCUT2D eigenvalue weighted by molar-refractivity contribution is 6.07. The van der Waals surface area contributed by atoms with E-state index in [0.29, 0.717) is 22.9 Å². The van der Waals surface area contributed by atoms with Gasteiger partial charge in [0.1, 0.15) is 0 Å². The lowest BCUT2D eigenvalue weighted by Crippen LogP contribution is -2.31. The zero-order valence-electron chi connectivity index (χ0n) is 22.0. The molecule has 0 saturated carbocycles. The molecule has 0 bridgehead atoms. The summed E-state index contributed by atoms with van der Waals surface area (Å²) in [5, 5.41) is 3.03. The van der Waals surface area contributed by atoms with Crippen LogP contribution in [0, 0.1) is 5.92 Å². The summed E-state index contributed by atoms with van der Waals surface area (Å²) in [6, 6.07) is 21.5. The van der Waals surface area contributed by atoms with Gasteiger partial charge in [0.15, 0.2) is 6.10 Å². The molecule has 0 fully saturated rings. The van der Waals surface area contributed by atoms with Crippen molar-refractivity contribution in [2.45, 2.75) is 39.0 Å². The molecule has 1 heterocycles. The Morgan fingerprint density at radius 2 is 1.73 bits per heavy atom. The molecule has 1 amide bonds. The van der Waals surface area contributed by atoms with E-state index in [1.807, 2.05) is 48.5 Å². The van der Waals surface area contributed by atoms with Crippen LogP contribution in [0.5, 0.6) is 0 Å². The van der Waals surface area contributed by atoms with Gasteiger partial charge < -0.3 is 10.1 Å². The number of fused-ring (bicyclic) bond motifs is 2. The van der Waals surface area contributed by atoms with E-state index in [2.05, 4.69) is 18.3 Å². The highest BCUT2D eigenvalue weighted by Crippen LogP contribution is 2.39. The van der Waals surface area contributed by atoms with Gasteiger partial charge in [0, 0.05) is 11.1 Å². The van der Waals surface area contributed by atoms with Crippen molar-refractivity contribution >= 4 is 40.1 Å². The normalized spacial score (nSPS) is 16.8. The zero-order valence-corrected chi connectivity index (χ0v) is 22.0. The number of carbonyl (C=O) groups excluding carboxylic acids is 2. The van der Waals surface area contributed by atoms with Crippen LogP contribution in [0.4, 0.5) is 18.9 Å². The van der Waals surface area contributed by atoms with Crippen molar-refractivity contribution in [3.8, 4) is 0 Å². The van der Waals surface area contributed by atoms with Crippen LogP contribution in [0.15, 0.2) is 78.9 Å². The molecule has 40 heavy (non-hydrogen) atoms. The minimum absolute atomic E-state index is 0.0426. The molecule has 2 unspecified atom stereocenters. The summed E-state index contributed by atoms with van der Waals surface area (Å²) in [5.41, 5.74) is 3.57. The minimum atomic E-state index is -4.55. The molecule has 1 aromatic heterocycles. The largest absolute Gasteiger partial charge is 0.449 e. The Hall–Kier alpha value is -4.46. The third-order valence-corrected chi connectivity index (χ3v) is 6.87. The van der Waals surface area contributed by atoms with Crippen LogP contribution < -0.4 is 5.32 Å². The van der Waals surface area contributed by atoms with E-state index in [-0.39, 0.29) is 11.6 Å². The van der Waals surface area contributed by atoms with Crippen LogP contribution in [0.3, 0.4) is 0 Å². The van der Waals surface area contributed by atoms with Gasteiger partial charge >= 0.3 is 12.1 Å². The molecule has 1 N–H and O–H groups in total. The number of hydrogen-bond donors (Lipinski definition) is 1. The van der Waals surface area contributed by atoms with Crippen molar-refractivity contribution in [2.75, 3.05) is 5.32 Å². The fourth-order valence-corrected chi connectivity index (χ4v) is 5.01. The molecule has 3 aromatic carbocycles. The molecule has 5 nitrogen and oxygen atoms in total. The molecule has 1 aliphatic rings. The van der Waals surface area contributed by atoms with Crippen LogP contribution in [0.1, 0.15) is 53.0 Å². The summed E-state index contributed by atoms with van der Waals surface area (Å²) in [7, 11) is 0. The summed E-state index contributed by atoms with van der Waals surface area (Å²) in [6.07, 6.45) is -2.33. The molecule has 2 atom stereocenters. The highest BCUT2D eigenvalue weighted by atomic mass is 19.4. The number of alkyl halides is 3. The number of benzene rings is 3. The number of ether oxygens (including phenoxy) is 1. The molecule has 0 aliphatic heterocycles. The third kappa shape index (κ3) is 5.76.